The fourth-order valence-corrected chi connectivity index (χ4v) is 5.86. The highest BCUT2D eigenvalue weighted by Gasteiger charge is 2.74. The van der Waals surface area contributed by atoms with Crippen molar-refractivity contribution in [1.29, 1.82) is 0 Å². The third-order valence-electron chi connectivity index (χ3n) is 7.43. The summed E-state index contributed by atoms with van der Waals surface area (Å²) >= 11 is 6.37. The van der Waals surface area contributed by atoms with Crippen molar-refractivity contribution in [2.75, 3.05) is 4.90 Å². The number of hydrogen-bond donors (Lipinski definition) is 0. The van der Waals surface area contributed by atoms with Gasteiger partial charge in [0.1, 0.15) is 0 Å². The van der Waals surface area contributed by atoms with Crippen molar-refractivity contribution in [3.05, 3.63) is 99.6 Å². The Morgan fingerprint density at radius 3 is 2.06 bits per heavy atom. The first-order chi connectivity index (χ1) is 16.8. The van der Waals surface area contributed by atoms with E-state index in [9.17, 15) is 19.2 Å². The number of ether oxygens (including phenoxy) is 1. The van der Waals surface area contributed by atoms with E-state index < -0.39 is 46.9 Å². The SMILES string of the molecule is Cc1ccc(N2C(=O)[C@H]3[C@@H](C2=O)C2(O[C@H]3c3cccc(Cl)c3C)C(=O)c3ccccc3C2=O)cc1. The number of halogens is 1. The molecule has 2 aliphatic heterocycles. The molecule has 0 aromatic heterocycles. The third-order valence-corrected chi connectivity index (χ3v) is 7.84. The number of aryl methyl sites for hydroxylation is 1. The van der Waals surface area contributed by atoms with Crippen LogP contribution in [0.5, 0.6) is 0 Å². The Morgan fingerprint density at radius 1 is 0.800 bits per heavy atom. The maximum Gasteiger partial charge on any atom is 0.241 e. The van der Waals surface area contributed by atoms with E-state index in [0.717, 1.165) is 10.5 Å². The zero-order valence-corrected chi connectivity index (χ0v) is 19.7. The molecule has 7 heteroatoms. The van der Waals surface area contributed by atoms with Gasteiger partial charge in [-0.15, -0.1) is 0 Å². The van der Waals surface area contributed by atoms with E-state index in [1.807, 2.05) is 6.92 Å². The fourth-order valence-electron chi connectivity index (χ4n) is 5.68. The molecule has 3 atom stereocenters. The van der Waals surface area contributed by atoms with E-state index in [2.05, 4.69) is 0 Å². The molecular formula is C28H20ClNO5. The van der Waals surface area contributed by atoms with Crippen molar-refractivity contribution < 1.29 is 23.9 Å². The van der Waals surface area contributed by atoms with Crippen LogP contribution in [-0.2, 0) is 14.3 Å². The van der Waals surface area contributed by atoms with Gasteiger partial charge >= 0.3 is 0 Å². The molecule has 35 heavy (non-hydrogen) atoms. The minimum Gasteiger partial charge on any atom is -0.349 e. The van der Waals surface area contributed by atoms with Crippen LogP contribution in [0.25, 0.3) is 0 Å². The number of imide groups is 1. The lowest BCUT2D eigenvalue weighted by Gasteiger charge is -2.27. The highest BCUT2D eigenvalue weighted by molar-refractivity contribution is 6.37. The zero-order valence-electron chi connectivity index (χ0n) is 18.9. The Bertz CT molecular complexity index is 1430. The Balaban J connectivity index is 1.57. The van der Waals surface area contributed by atoms with Gasteiger partial charge in [-0.3, -0.25) is 19.2 Å². The largest absolute Gasteiger partial charge is 0.349 e. The summed E-state index contributed by atoms with van der Waals surface area (Å²) < 4.78 is 6.32. The smallest absolute Gasteiger partial charge is 0.241 e. The molecule has 0 N–H and O–H groups in total. The number of rotatable bonds is 2. The molecule has 0 unspecified atom stereocenters. The molecule has 0 bridgehead atoms. The molecule has 174 valence electrons. The summed E-state index contributed by atoms with van der Waals surface area (Å²) in [5, 5.41) is 0.461. The number of amides is 2. The average molecular weight is 486 g/mol. The molecule has 3 aromatic rings. The molecule has 1 aliphatic carbocycles. The zero-order chi connectivity index (χ0) is 24.6. The molecule has 2 amide bonds. The number of hydrogen-bond acceptors (Lipinski definition) is 5. The van der Waals surface area contributed by atoms with Gasteiger partial charge in [-0.05, 0) is 43.2 Å². The Hall–Kier alpha value is -3.61. The summed E-state index contributed by atoms with van der Waals surface area (Å²) in [7, 11) is 0. The van der Waals surface area contributed by atoms with Crippen molar-refractivity contribution in [3.8, 4) is 0 Å². The van der Waals surface area contributed by atoms with E-state index in [0.29, 0.717) is 21.8 Å². The maximum absolute atomic E-state index is 13.9. The number of carbonyl (C=O) groups is 4. The van der Waals surface area contributed by atoms with Crippen LogP contribution in [0, 0.1) is 25.7 Å². The normalized spacial score (nSPS) is 24.4. The molecule has 2 saturated heterocycles. The van der Waals surface area contributed by atoms with Crippen molar-refractivity contribution in [3.63, 3.8) is 0 Å². The van der Waals surface area contributed by atoms with Crippen LogP contribution >= 0.6 is 11.6 Å². The second-order valence-corrected chi connectivity index (χ2v) is 9.69. The van der Waals surface area contributed by atoms with Crippen molar-refractivity contribution >= 4 is 40.7 Å². The van der Waals surface area contributed by atoms with Gasteiger partial charge in [0, 0.05) is 16.1 Å². The van der Waals surface area contributed by atoms with Gasteiger partial charge in [0.05, 0.1) is 23.6 Å². The summed E-state index contributed by atoms with van der Waals surface area (Å²) in [5.41, 5.74) is 0.915. The van der Waals surface area contributed by atoms with E-state index in [-0.39, 0.29) is 11.1 Å². The molecule has 2 heterocycles. The summed E-state index contributed by atoms with van der Waals surface area (Å²) in [6.45, 7) is 3.69. The first-order valence-corrected chi connectivity index (χ1v) is 11.7. The lowest BCUT2D eigenvalue weighted by atomic mass is 9.77. The van der Waals surface area contributed by atoms with Crippen LogP contribution < -0.4 is 4.90 Å². The minimum atomic E-state index is -2.10. The van der Waals surface area contributed by atoms with Gasteiger partial charge < -0.3 is 4.74 Å². The maximum atomic E-state index is 13.9. The van der Waals surface area contributed by atoms with Crippen molar-refractivity contribution in [2.45, 2.75) is 25.6 Å². The van der Waals surface area contributed by atoms with Crippen molar-refractivity contribution in [2.24, 2.45) is 11.8 Å². The first-order valence-electron chi connectivity index (χ1n) is 11.3. The third kappa shape index (κ3) is 2.75. The molecule has 0 radical (unpaired) electrons. The molecule has 3 aliphatic rings. The lowest BCUT2D eigenvalue weighted by molar-refractivity contribution is -0.127. The molecule has 3 aromatic carbocycles. The summed E-state index contributed by atoms with van der Waals surface area (Å²) in [6, 6.07) is 18.6. The van der Waals surface area contributed by atoms with Gasteiger partial charge in [0.2, 0.25) is 29.0 Å². The number of benzene rings is 3. The van der Waals surface area contributed by atoms with Crippen LogP contribution in [0.15, 0.2) is 66.7 Å². The number of anilines is 1. The van der Waals surface area contributed by atoms with Gasteiger partial charge in [0.15, 0.2) is 0 Å². The molecule has 6 nitrogen and oxygen atoms in total. The molecule has 6 rings (SSSR count). The van der Waals surface area contributed by atoms with Crippen molar-refractivity contribution in [1.82, 2.24) is 0 Å². The molecule has 2 fully saturated rings. The minimum absolute atomic E-state index is 0.203. The number of nitrogens with zero attached hydrogens (tertiary/aromatic N) is 1. The number of fused-ring (bicyclic) bond motifs is 3. The Kier molecular flexibility index (Phi) is 4.66. The van der Waals surface area contributed by atoms with E-state index in [1.165, 1.54) is 0 Å². The van der Waals surface area contributed by atoms with Gasteiger partial charge in [-0.25, -0.2) is 4.90 Å². The standard InChI is InChI=1S/C28H20ClNO5/c1-14-10-12-16(13-11-14)30-26(33)21-22(27(30)34)28(24(31)18-6-3-4-7-19(18)25(28)32)35-23(21)17-8-5-9-20(29)15(17)2/h3-13,21-23H,1-2H3/t21-,22-,23-/m0/s1. The van der Waals surface area contributed by atoms with Crippen LogP contribution in [-0.4, -0.2) is 29.0 Å². The Labute approximate surface area is 206 Å². The van der Waals surface area contributed by atoms with E-state index in [4.69, 9.17) is 16.3 Å². The topological polar surface area (TPSA) is 80.8 Å². The predicted molar refractivity (Wildman–Crippen MR) is 129 cm³/mol. The highest BCUT2D eigenvalue weighted by Crippen LogP contribution is 2.58. The number of ketones is 2. The summed E-state index contributed by atoms with van der Waals surface area (Å²) in [4.78, 5) is 56.4. The predicted octanol–water partition coefficient (Wildman–Crippen LogP) is 4.65. The van der Waals surface area contributed by atoms with Gasteiger partial charge in [-0.2, -0.15) is 0 Å². The van der Waals surface area contributed by atoms with Crippen LogP contribution in [0.1, 0.15) is 43.5 Å². The average Bonchev–Trinajstić information content (AvgIpc) is 3.42. The van der Waals surface area contributed by atoms with Crippen LogP contribution in [0.2, 0.25) is 5.02 Å². The monoisotopic (exact) mass is 485 g/mol. The molecule has 0 saturated carbocycles. The summed E-state index contributed by atoms with van der Waals surface area (Å²) in [6.07, 6.45) is -0.993. The van der Waals surface area contributed by atoms with Gasteiger partial charge in [-0.1, -0.05) is 65.7 Å². The van der Waals surface area contributed by atoms with Crippen LogP contribution in [0.4, 0.5) is 5.69 Å². The van der Waals surface area contributed by atoms with E-state index in [1.54, 1.807) is 73.7 Å². The lowest BCUT2D eigenvalue weighted by Crippen LogP contribution is -2.51. The van der Waals surface area contributed by atoms with Gasteiger partial charge in [0.25, 0.3) is 0 Å². The summed E-state index contributed by atoms with van der Waals surface area (Å²) in [5.74, 6) is -4.61. The molecule has 1 spiro atoms. The molecular weight excluding hydrogens is 466 g/mol. The number of Topliss-reactive ketones (excluding diaryl/α,β-unsaturated/α-hetero) is 2. The second kappa shape index (κ2) is 7.44. The second-order valence-electron chi connectivity index (χ2n) is 9.28. The highest BCUT2D eigenvalue weighted by atomic mass is 35.5. The van der Waals surface area contributed by atoms with E-state index >= 15 is 0 Å². The fraction of sp³-hybridized carbons (Fsp3) is 0.214. The number of carbonyl (C=O) groups excluding carboxylic acids is 4. The quantitative estimate of drug-likeness (QED) is 0.390. The first kappa shape index (κ1) is 21.9. The Morgan fingerprint density at radius 2 is 1.43 bits per heavy atom. The van der Waals surface area contributed by atoms with Crippen LogP contribution in [0.3, 0.4) is 0 Å².